The Morgan fingerprint density at radius 3 is 2.12 bits per heavy atom. The normalized spacial score (nSPS) is 17.5. The van der Waals surface area contributed by atoms with Crippen molar-refractivity contribution >= 4 is 29.3 Å². The number of anilines is 1. The predicted molar refractivity (Wildman–Crippen MR) is 223 cm³/mol. The quantitative estimate of drug-likeness (QED) is 0.0888. The van der Waals surface area contributed by atoms with Gasteiger partial charge in [0.15, 0.2) is 0 Å². The topological polar surface area (TPSA) is 144 Å². The molecule has 310 valence electrons. The van der Waals surface area contributed by atoms with Crippen LogP contribution in [0.3, 0.4) is 0 Å². The van der Waals surface area contributed by atoms with Gasteiger partial charge in [0.2, 0.25) is 11.8 Å². The van der Waals surface area contributed by atoms with Crippen LogP contribution in [0.25, 0.3) is 0 Å². The van der Waals surface area contributed by atoms with Crippen molar-refractivity contribution in [2.45, 2.75) is 76.9 Å². The maximum absolute atomic E-state index is 13.2. The minimum absolute atomic E-state index is 0.0135. The first-order chi connectivity index (χ1) is 29.1. The average molecular weight is 804 g/mol. The van der Waals surface area contributed by atoms with Crippen molar-refractivity contribution in [1.29, 1.82) is 0 Å². The molecule has 0 spiro atoms. The number of carbonyl (C=O) groups excluding carboxylic acids is 4. The monoisotopic (exact) mass is 803 g/mol. The number of aromatic nitrogens is 2. The highest BCUT2D eigenvalue weighted by Gasteiger charge is 2.44. The van der Waals surface area contributed by atoms with E-state index in [2.05, 4.69) is 75.3 Å². The van der Waals surface area contributed by atoms with Gasteiger partial charge in [0.25, 0.3) is 11.8 Å². The standard InChI is InChI=1S/C46H54N6O7/c1-46(2,34-10-15-38(16-11-34)59-31-35-20-21-47-32-48-35)33-8-13-37(14-9-33)58-28-7-5-3-4-6-27-57-29-26-50-22-24-51(25-23-50)36-12-17-39-40(30-36)45(56)52(44(39)55)41-18-19-42(53)49-43(41)54/h8-17,20-21,30,32,41H,3-7,18-19,22-29,31H2,1-2H3,(H,49,53,54)/i32D. The van der Waals surface area contributed by atoms with Gasteiger partial charge in [-0.2, -0.15) is 0 Å². The molecule has 2 fully saturated rings. The van der Waals surface area contributed by atoms with Gasteiger partial charge in [0.05, 0.1) is 30.0 Å². The summed E-state index contributed by atoms with van der Waals surface area (Å²) in [5.41, 5.74) is 4.34. The summed E-state index contributed by atoms with van der Waals surface area (Å²) in [6, 6.07) is 22.6. The molecule has 3 aliphatic rings. The second-order valence-corrected chi connectivity index (χ2v) is 15.8. The molecule has 1 atom stereocenters. The lowest BCUT2D eigenvalue weighted by molar-refractivity contribution is -0.136. The summed E-state index contributed by atoms with van der Waals surface area (Å²) in [6.07, 6.45) is 7.24. The smallest absolute Gasteiger partial charge is 0.262 e. The maximum Gasteiger partial charge on any atom is 0.262 e. The van der Waals surface area contributed by atoms with Gasteiger partial charge in [-0.25, -0.2) is 9.97 Å². The second-order valence-electron chi connectivity index (χ2n) is 15.8. The molecular weight excluding hydrogens is 749 g/mol. The van der Waals surface area contributed by atoms with Gasteiger partial charge >= 0.3 is 0 Å². The molecule has 4 aromatic rings. The molecule has 0 aliphatic carbocycles. The average Bonchev–Trinajstić information content (AvgIpc) is 3.50. The Bertz CT molecular complexity index is 2140. The van der Waals surface area contributed by atoms with Crippen LogP contribution in [0.5, 0.6) is 11.5 Å². The van der Waals surface area contributed by atoms with Crippen molar-refractivity contribution in [1.82, 2.24) is 25.1 Å². The van der Waals surface area contributed by atoms with E-state index in [-0.39, 0.29) is 37.1 Å². The fraction of sp³-hybridized carbons (Fsp3) is 0.435. The molecule has 2 saturated heterocycles. The zero-order valence-electron chi connectivity index (χ0n) is 35.0. The molecule has 4 heterocycles. The number of piperidine rings is 1. The molecule has 7 rings (SSSR count). The van der Waals surface area contributed by atoms with Gasteiger partial charge < -0.3 is 19.1 Å². The van der Waals surface area contributed by atoms with E-state index in [0.29, 0.717) is 30.0 Å². The molecule has 4 amide bonds. The third kappa shape index (κ3) is 10.3. The number of hydrogen-bond acceptors (Lipinski definition) is 11. The number of carbonyl (C=O) groups is 4. The van der Waals surface area contributed by atoms with E-state index in [1.165, 1.54) is 11.1 Å². The molecule has 13 nitrogen and oxygen atoms in total. The van der Waals surface area contributed by atoms with Gasteiger partial charge in [-0.15, -0.1) is 0 Å². The third-order valence-electron chi connectivity index (χ3n) is 11.5. The number of ether oxygens (including phenoxy) is 3. The van der Waals surface area contributed by atoms with Crippen molar-refractivity contribution in [2.24, 2.45) is 0 Å². The minimum Gasteiger partial charge on any atom is -0.494 e. The van der Waals surface area contributed by atoms with Crippen molar-refractivity contribution in [3.8, 4) is 11.5 Å². The number of piperazine rings is 1. The Labute approximate surface area is 347 Å². The predicted octanol–water partition coefficient (Wildman–Crippen LogP) is 5.95. The van der Waals surface area contributed by atoms with E-state index in [9.17, 15) is 19.2 Å². The highest BCUT2D eigenvalue weighted by atomic mass is 16.5. The van der Waals surface area contributed by atoms with Gasteiger partial charge in [-0.05, 0) is 78.9 Å². The molecule has 1 unspecified atom stereocenters. The lowest BCUT2D eigenvalue weighted by Gasteiger charge is -2.36. The van der Waals surface area contributed by atoms with Crippen molar-refractivity contribution < 1.29 is 34.8 Å². The van der Waals surface area contributed by atoms with Crippen LogP contribution in [0.1, 0.15) is 97.7 Å². The number of rotatable bonds is 19. The summed E-state index contributed by atoms with van der Waals surface area (Å²) in [6.45, 7) is 11.0. The van der Waals surface area contributed by atoms with E-state index in [4.69, 9.17) is 15.6 Å². The Morgan fingerprint density at radius 1 is 0.763 bits per heavy atom. The molecule has 0 radical (unpaired) electrons. The number of hydrogen-bond donors (Lipinski definition) is 1. The number of imide groups is 2. The highest BCUT2D eigenvalue weighted by molar-refractivity contribution is 6.23. The van der Waals surface area contributed by atoms with Crippen LogP contribution in [-0.2, 0) is 26.3 Å². The molecule has 1 N–H and O–H groups in total. The second kappa shape index (κ2) is 19.4. The lowest BCUT2D eigenvalue weighted by Crippen LogP contribution is -2.54. The summed E-state index contributed by atoms with van der Waals surface area (Å²) in [7, 11) is 0. The molecule has 59 heavy (non-hydrogen) atoms. The molecule has 13 heteroatoms. The van der Waals surface area contributed by atoms with Crippen LogP contribution in [0.4, 0.5) is 5.69 Å². The van der Waals surface area contributed by atoms with Crippen molar-refractivity contribution in [3.05, 3.63) is 113 Å². The number of nitrogens with one attached hydrogen (secondary N) is 1. The first-order valence-electron chi connectivity index (χ1n) is 21.2. The summed E-state index contributed by atoms with van der Waals surface area (Å²) in [5, 5.41) is 2.24. The zero-order chi connectivity index (χ0) is 42.1. The Kier molecular flexibility index (Phi) is 13.2. The number of amides is 4. The SMILES string of the molecule is [2H]c1nccc(COc2ccc(C(C)(C)c3ccc(OCCCCCCCOCCN4CCN(c5ccc6c(c5)C(=O)N(C5CCC(=O)NC5=O)C6=O)CC4)cc3)cc2)n1. The van der Waals surface area contributed by atoms with Crippen LogP contribution in [0, 0.1) is 0 Å². The van der Waals surface area contributed by atoms with Crippen LogP contribution in [-0.4, -0.2) is 102 Å². The lowest BCUT2D eigenvalue weighted by atomic mass is 9.78. The van der Waals surface area contributed by atoms with Crippen LogP contribution in [0.15, 0.2) is 85.3 Å². The van der Waals surface area contributed by atoms with E-state index in [0.717, 1.165) is 93.5 Å². The largest absolute Gasteiger partial charge is 0.494 e. The van der Waals surface area contributed by atoms with E-state index < -0.39 is 23.8 Å². The molecular formula is C46H54N6O7. The molecule has 1 aromatic heterocycles. The maximum atomic E-state index is 13.2. The van der Waals surface area contributed by atoms with Gasteiger partial charge in [-0.1, -0.05) is 57.4 Å². The van der Waals surface area contributed by atoms with Crippen LogP contribution < -0.4 is 19.7 Å². The van der Waals surface area contributed by atoms with Crippen molar-refractivity contribution in [3.63, 3.8) is 0 Å². The highest BCUT2D eigenvalue weighted by Crippen LogP contribution is 2.34. The first kappa shape index (κ1) is 40.1. The molecule has 0 saturated carbocycles. The number of unbranched alkanes of at least 4 members (excludes halogenated alkanes) is 4. The van der Waals surface area contributed by atoms with Crippen molar-refractivity contribution in [2.75, 3.05) is 57.4 Å². The Hall–Kier alpha value is -5.66. The van der Waals surface area contributed by atoms with E-state index in [1.54, 1.807) is 24.4 Å². The van der Waals surface area contributed by atoms with Gasteiger partial charge in [0.1, 0.15) is 31.8 Å². The Morgan fingerprint density at radius 2 is 1.42 bits per heavy atom. The molecule has 0 bridgehead atoms. The van der Waals surface area contributed by atoms with E-state index in [1.807, 2.05) is 18.2 Å². The van der Waals surface area contributed by atoms with Crippen LogP contribution >= 0.6 is 0 Å². The summed E-state index contributed by atoms with van der Waals surface area (Å²) in [4.78, 5) is 63.7. The summed E-state index contributed by atoms with van der Waals surface area (Å²) < 4.78 is 25.4. The first-order valence-corrected chi connectivity index (χ1v) is 20.7. The summed E-state index contributed by atoms with van der Waals surface area (Å²) >= 11 is 0. The zero-order valence-corrected chi connectivity index (χ0v) is 34.0. The molecule has 3 aromatic carbocycles. The number of nitrogens with zero attached hydrogens (tertiary/aromatic N) is 5. The van der Waals surface area contributed by atoms with Gasteiger partial charge in [0, 0.05) is 63.1 Å². The minimum atomic E-state index is -0.964. The fourth-order valence-electron chi connectivity index (χ4n) is 7.83. The Balaban J connectivity index is 0.720. The summed E-state index contributed by atoms with van der Waals surface area (Å²) in [5.74, 6) is -0.332. The molecule has 3 aliphatic heterocycles. The number of fused-ring (bicyclic) bond motifs is 1. The van der Waals surface area contributed by atoms with Crippen LogP contribution in [0.2, 0.25) is 0 Å². The number of benzene rings is 3. The fourth-order valence-corrected chi connectivity index (χ4v) is 7.83. The van der Waals surface area contributed by atoms with Gasteiger partial charge in [-0.3, -0.25) is 34.3 Å². The third-order valence-corrected chi connectivity index (χ3v) is 11.5. The van der Waals surface area contributed by atoms with E-state index >= 15 is 0 Å².